The van der Waals surface area contributed by atoms with E-state index >= 15 is 0 Å². The smallest absolute Gasteiger partial charge is 0.127 e. The van der Waals surface area contributed by atoms with Crippen LogP contribution in [-0.4, -0.2) is 6.54 Å². The fraction of sp³-hybridized carbons (Fsp3) is 0.130. The minimum absolute atomic E-state index is 0.551. The van der Waals surface area contributed by atoms with Gasteiger partial charge in [-0.25, -0.2) is 0 Å². The molecular weight excluding hydrogens is 320 g/mol. The second kappa shape index (κ2) is 7.36. The zero-order valence-corrected chi connectivity index (χ0v) is 14.7. The van der Waals surface area contributed by atoms with Crippen LogP contribution in [0.4, 0.5) is 11.4 Å². The summed E-state index contributed by atoms with van der Waals surface area (Å²) < 4.78 is 6.16. The second-order valence-electron chi connectivity index (χ2n) is 6.40. The van der Waals surface area contributed by atoms with Crippen LogP contribution in [0.5, 0.6) is 5.75 Å². The van der Waals surface area contributed by atoms with Gasteiger partial charge < -0.3 is 15.4 Å². The van der Waals surface area contributed by atoms with Crippen LogP contribution in [0.3, 0.4) is 0 Å². The first kappa shape index (κ1) is 16.3. The highest BCUT2D eigenvalue weighted by Gasteiger charge is 2.16. The molecule has 2 N–H and O–H groups in total. The summed E-state index contributed by atoms with van der Waals surface area (Å²) in [4.78, 5) is 0. The van der Waals surface area contributed by atoms with Crippen LogP contribution < -0.4 is 15.4 Å². The number of rotatable bonds is 4. The highest BCUT2D eigenvalue weighted by molar-refractivity contribution is 5.90. The number of nitrogens with one attached hydrogen (secondary N) is 2. The Balaban J connectivity index is 1.69. The Hall–Kier alpha value is -3.20. The fourth-order valence-corrected chi connectivity index (χ4v) is 3.21. The predicted molar refractivity (Wildman–Crippen MR) is 109 cm³/mol. The molecule has 0 saturated carbocycles. The van der Waals surface area contributed by atoms with Crippen LogP contribution in [-0.2, 0) is 6.61 Å². The Labute approximate surface area is 154 Å². The van der Waals surface area contributed by atoms with E-state index in [1.165, 1.54) is 0 Å². The lowest BCUT2D eigenvalue weighted by molar-refractivity contribution is 0.307. The van der Waals surface area contributed by atoms with Gasteiger partial charge in [-0.15, -0.1) is 0 Å². The molecule has 1 aliphatic rings. The van der Waals surface area contributed by atoms with Gasteiger partial charge in [0.25, 0.3) is 0 Å². The Morgan fingerprint density at radius 2 is 1.62 bits per heavy atom. The summed E-state index contributed by atoms with van der Waals surface area (Å²) in [5, 5.41) is 6.96. The number of para-hydroxylation sites is 2. The van der Waals surface area contributed by atoms with Gasteiger partial charge in [-0.05, 0) is 17.7 Å². The molecule has 0 atom stereocenters. The zero-order chi connectivity index (χ0) is 17.8. The molecule has 0 radical (unpaired) electrons. The van der Waals surface area contributed by atoms with E-state index in [1.54, 1.807) is 0 Å². The quantitative estimate of drug-likeness (QED) is 0.640. The Morgan fingerprint density at radius 1 is 0.846 bits per heavy atom. The van der Waals surface area contributed by atoms with Gasteiger partial charge in [0, 0.05) is 29.8 Å². The summed E-state index contributed by atoms with van der Waals surface area (Å²) in [5.74, 6) is 0.884. The third-order valence-corrected chi connectivity index (χ3v) is 4.52. The molecule has 0 spiro atoms. The van der Waals surface area contributed by atoms with Crippen LogP contribution in [0.2, 0.25) is 0 Å². The molecule has 3 nitrogen and oxygen atoms in total. The van der Waals surface area contributed by atoms with Crippen LogP contribution in [0.15, 0.2) is 85.1 Å². The molecule has 0 aromatic heterocycles. The minimum atomic E-state index is 0.551. The molecule has 1 aliphatic heterocycles. The summed E-state index contributed by atoms with van der Waals surface area (Å²) >= 11 is 0. The third kappa shape index (κ3) is 3.42. The molecule has 3 aromatic rings. The van der Waals surface area contributed by atoms with Crippen LogP contribution in [0, 0.1) is 0 Å². The van der Waals surface area contributed by atoms with Gasteiger partial charge in [0.2, 0.25) is 0 Å². The molecule has 130 valence electrons. The van der Waals surface area contributed by atoms with Gasteiger partial charge in [-0.2, -0.15) is 0 Å². The fourth-order valence-electron chi connectivity index (χ4n) is 3.21. The van der Waals surface area contributed by atoms with E-state index in [0.717, 1.165) is 52.5 Å². The van der Waals surface area contributed by atoms with Crippen molar-refractivity contribution < 1.29 is 4.74 Å². The van der Waals surface area contributed by atoms with E-state index in [1.807, 2.05) is 36.4 Å². The van der Waals surface area contributed by atoms with E-state index in [2.05, 4.69) is 53.6 Å². The molecule has 0 unspecified atom stereocenters. The van der Waals surface area contributed by atoms with Crippen molar-refractivity contribution in [3.05, 3.63) is 90.6 Å². The number of fused-ring (bicyclic) bond motifs is 1. The predicted octanol–water partition coefficient (Wildman–Crippen LogP) is 5.67. The number of anilines is 2. The Kier molecular flexibility index (Phi) is 4.61. The van der Waals surface area contributed by atoms with Crippen molar-refractivity contribution in [2.45, 2.75) is 13.0 Å². The molecule has 0 fully saturated rings. The molecule has 4 rings (SSSR count). The molecule has 1 heterocycles. The first-order chi connectivity index (χ1) is 12.8. The Morgan fingerprint density at radius 3 is 2.50 bits per heavy atom. The van der Waals surface area contributed by atoms with E-state index in [-0.39, 0.29) is 0 Å². The summed E-state index contributed by atoms with van der Waals surface area (Å²) in [5.41, 5.74) is 6.56. The standard InChI is InChI=1S/C23H22N2O/c1-17-14-15-24-23-20(11-7-12-21(23)25-17)19-10-5-6-13-22(19)26-16-18-8-3-2-4-9-18/h2-13,24-25H,1,14-16H2. The molecule has 3 aromatic carbocycles. The summed E-state index contributed by atoms with van der Waals surface area (Å²) in [7, 11) is 0. The molecule has 0 aliphatic carbocycles. The van der Waals surface area contributed by atoms with Crippen molar-refractivity contribution in [3.8, 4) is 16.9 Å². The Bertz CT molecular complexity index is 919. The SMILES string of the molecule is C=C1CCNc2c(cccc2-c2ccccc2OCc2ccccc2)N1. The highest BCUT2D eigenvalue weighted by atomic mass is 16.5. The van der Waals surface area contributed by atoms with Crippen molar-refractivity contribution in [1.29, 1.82) is 0 Å². The van der Waals surface area contributed by atoms with Crippen molar-refractivity contribution in [1.82, 2.24) is 0 Å². The molecule has 0 saturated heterocycles. The normalized spacial score (nSPS) is 13.2. The first-order valence-corrected chi connectivity index (χ1v) is 8.89. The van der Waals surface area contributed by atoms with E-state index in [0.29, 0.717) is 6.61 Å². The van der Waals surface area contributed by atoms with Gasteiger partial charge in [0.05, 0.1) is 11.4 Å². The third-order valence-electron chi connectivity index (χ3n) is 4.52. The van der Waals surface area contributed by atoms with Gasteiger partial charge in [0.1, 0.15) is 12.4 Å². The monoisotopic (exact) mass is 342 g/mol. The van der Waals surface area contributed by atoms with Crippen LogP contribution >= 0.6 is 0 Å². The lowest BCUT2D eigenvalue weighted by Gasteiger charge is -2.17. The maximum Gasteiger partial charge on any atom is 0.127 e. The van der Waals surface area contributed by atoms with Crippen LogP contribution in [0.1, 0.15) is 12.0 Å². The van der Waals surface area contributed by atoms with Crippen molar-refractivity contribution in [3.63, 3.8) is 0 Å². The van der Waals surface area contributed by atoms with E-state index in [4.69, 9.17) is 4.74 Å². The molecule has 0 amide bonds. The highest BCUT2D eigenvalue weighted by Crippen LogP contribution is 2.40. The number of benzene rings is 3. The molecule has 3 heteroatoms. The number of ether oxygens (including phenoxy) is 1. The van der Waals surface area contributed by atoms with Crippen molar-refractivity contribution >= 4 is 11.4 Å². The number of hydrogen-bond donors (Lipinski definition) is 2. The van der Waals surface area contributed by atoms with Gasteiger partial charge in [-0.1, -0.05) is 67.2 Å². The maximum atomic E-state index is 6.16. The topological polar surface area (TPSA) is 33.3 Å². The average molecular weight is 342 g/mol. The number of hydrogen-bond acceptors (Lipinski definition) is 3. The summed E-state index contributed by atoms with van der Waals surface area (Å²) in [6.07, 6.45) is 0.903. The summed E-state index contributed by atoms with van der Waals surface area (Å²) in [6.45, 7) is 5.50. The van der Waals surface area contributed by atoms with Gasteiger partial charge in [-0.3, -0.25) is 0 Å². The largest absolute Gasteiger partial charge is 0.488 e. The van der Waals surface area contributed by atoms with Gasteiger partial charge >= 0.3 is 0 Å². The second-order valence-corrected chi connectivity index (χ2v) is 6.40. The van der Waals surface area contributed by atoms with E-state index < -0.39 is 0 Å². The van der Waals surface area contributed by atoms with E-state index in [9.17, 15) is 0 Å². The zero-order valence-electron chi connectivity index (χ0n) is 14.7. The minimum Gasteiger partial charge on any atom is -0.488 e. The van der Waals surface area contributed by atoms with Gasteiger partial charge in [0.15, 0.2) is 0 Å². The maximum absolute atomic E-state index is 6.16. The lowest BCUT2D eigenvalue weighted by atomic mass is 10.0. The first-order valence-electron chi connectivity index (χ1n) is 8.89. The van der Waals surface area contributed by atoms with Crippen molar-refractivity contribution in [2.75, 3.05) is 17.2 Å². The average Bonchev–Trinajstić information content (AvgIpc) is 2.88. The molecule has 26 heavy (non-hydrogen) atoms. The molecular formula is C23H22N2O. The molecule has 0 bridgehead atoms. The van der Waals surface area contributed by atoms with Crippen molar-refractivity contribution in [2.24, 2.45) is 0 Å². The van der Waals surface area contributed by atoms with Crippen LogP contribution in [0.25, 0.3) is 11.1 Å². The summed E-state index contributed by atoms with van der Waals surface area (Å²) in [6, 6.07) is 24.7. The lowest BCUT2D eigenvalue weighted by Crippen LogP contribution is -2.02.